The van der Waals surface area contributed by atoms with Gasteiger partial charge in [-0.25, -0.2) is 0 Å². The zero-order valence-electron chi connectivity index (χ0n) is 25.0. The Bertz CT molecular complexity index is 804. The van der Waals surface area contributed by atoms with E-state index in [1.165, 1.54) is 51.4 Å². The molecular formula is C33H58O2. The van der Waals surface area contributed by atoms with Gasteiger partial charge in [0.15, 0.2) is 0 Å². The summed E-state index contributed by atoms with van der Waals surface area (Å²) in [5.74, 6) is 3.43. The molecule has 202 valence electrons. The predicted molar refractivity (Wildman–Crippen MR) is 148 cm³/mol. The third-order valence-electron chi connectivity index (χ3n) is 13.2. The molecular weight excluding hydrogens is 428 g/mol. The average molecular weight is 487 g/mol. The minimum Gasteiger partial charge on any atom is -0.390 e. The summed E-state index contributed by atoms with van der Waals surface area (Å²) in [7, 11) is 1.93. The lowest BCUT2D eigenvalue weighted by atomic mass is 9.41. The molecule has 0 saturated heterocycles. The number of aliphatic hydroxyl groups is 1. The van der Waals surface area contributed by atoms with Crippen molar-refractivity contribution in [3.8, 4) is 0 Å². The SMILES string of the molecule is CC[C@H](CC[C@@H](C)[C@@H]1CC[C@@]2(C)[C@@H]3CC[C@H]4C(C)(C)[C@@H](OC)CC[C@]4(C)C3=CC[C@]12C)C(C)(C)O. The normalized spacial score (nSPS) is 44.6. The monoisotopic (exact) mass is 486 g/mol. The van der Waals surface area contributed by atoms with Crippen molar-refractivity contribution in [2.24, 2.45) is 51.2 Å². The largest absolute Gasteiger partial charge is 0.390 e. The van der Waals surface area contributed by atoms with Crippen molar-refractivity contribution < 1.29 is 9.84 Å². The second kappa shape index (κ2) is 9.14. The predicted octanol–water partition coefficient (Wildman–Crippen LogP) is 8.82. The molecule has 0 unspecified atom stereocenters. The molecule has 0 spiro atoms. The Morgan fingerprint density at radius 2 is 1.69 bits per heavy atom. The second-order valence-electron chi connectivity index (χ2n) is 15.3. The van der Waals surface area contributed by atoms with Crippen molar-refractivity contribution in [2.75, 3.05) is 7.11 Å². The van der Waals surface area contributed by atoms with Gasteiger partial charge in [-0.3, -0.25) is 0 Å². The first kappa shape index (κ1) is 27.7. The van der Waals surface area contributed by atoms with Crippen LogP contribution in [0, 0.1) is 51.2 Å². The van der Waals surface area contributed by atoms with Gasteiger partial charge in [0.2, 0.25) is 0 Å². The molecule has 2 nitrogen and oxygen atoms in total. The highest BCUT2D eigenvalue weighted by molar-refractivity contribution is 5.32. The maximum absolute atomic E-state index is 10.6. The molecule has 2 heteroatoms. The zero-order valence-corrected chi connectivity index (χ0v) is 25.0. The van der Waals surface area contributed by atoms with E-state index < -0.39 is 5.60 Å². The summed E-state index contributed by atoms with van der Waals surface area (Å²) in [5, 5.41) is 10.6. The van der Waals surface area contributed by atoms with Crippen molar-refractivity contribution in [3.63, 3.8) is 0 Å². The molecule has 0 aromatic carbocycles. The third-order valence-corrected chi connectivity index (χ3v) is 13.2. The Hall–Kier alpha value is -0.340. The van der Waals surface area contributed by atoms with E-state index in [1.807, 2.05) is 26.5 Å². The molecule has 3 saturated carbocycles. The molecule has 0 amide bonds. The van der Waals surface area contributed by atoms with E-state index in [9.17, 15) is 5.11 Å². The van der Waals surface area contributed by atoms with E-state index in [2.05, 4.69) is 54.5 Å². The molecule has 9 atom stereocenters. The smallest absolute Gasteiger partial charge is 0.0625 e. The fourth-order valence-electron chi connectivity index (χ4n) is 10.8. The number of rotatable bonds is 7. The fraction of sp³-hybridized carbons (Fsp3) is 0.939. The molecule has 0 heterocycles. The summed E-state index contributed by atoms with van der Waals surface area (Å²) in [6, 6.07) is 0. The molecule has 3 fully saturated rings. The standard InChI is InChI=1S/C33H58O2/c1-11-23(30(5,6)34)13-12-22(2)24-16-20-33(9)26-14-15-27-29(3,4)28(35-10)18-19-31(27,7)25(26)17-21-32(24,33)8/h17,22-24,26-28,34H,11-16,18-21H2,1-10H3/t22-,23-,24+,26-,27+,28+,31-,32-,33+/m1/s1. The minimum absolute atomic E-state index is 0.248. The van der Waals surface area contributed by atoms with Crippen LogP contribution in [0.15, 0.2) is 11.6 Å². The van der Waals surface area contributed by atoms with Crippen LogP contribution < -0.4 is 0 Å². The Balaban J connectivity index is 1.58. The third kappa shape index (κ3) is 4.10. The van der Waals surface area contributed by atoms with Gasteiger partial charge in [0.05, 0.1) is 11.7 Å². The number of fused-ring (bicyclic) bond motifs is 5. The highest BCUT2D eigenvalue weighted by atomic mass is 16.5. The summed E-state index contributed by atoms with van der Waals surface area (Å²) in [4.78, 5) is 0. The summed E-state index contributed by atoms with van der Waals surface area (Å²) in [6.07, 6.45) is 15.9. The molecule has 0 aromatic heterocycles. The van der Waals surface area contributed by atoms with Gasteiger partial charge in [0.1, 0.15) is 0 Å². The van der Waals surface area contributed by atoms with Crippen LogP contribution in [0.3, 0.4) is 0 Å². The van der Waals surface area contributed by atoms with Crippen molar-refractivity contribution in [3.05, 3.63) is 11.6 Å². The maximum Gasteiger partial charge on any atom is 0.0625 e. The topological polar surface area (TPSA) is 29.5 Å². The molecule has 4 aliphatic rings. The van der Waals surface area contributed by atoms with Crippen LogP contribution in [0.1, 0.15) is 127 Å². The maximum atomic E-state index is 10.6. The van der Waals surface area contributed by atoms with Gasteiger partial charge in [-0.1, -0.05) is 73.0 Å². The van der Waals surface area contributed by atoms with E-state index in [0.29, 0.717) is 28.3 Å². The molecule has 0 aromatic rings. The first-order chi connectivity index (χ1) is 16.2. The molecule has 4 aliphatic carbocycles. The van der Waals surface area contributed by atoms with Gasteiger partial charge in [0.25, 0.3) is 0 Å². The molecule has 0 aliphatic heterocycles. The van der Waals surface area contributed by atoms with E-state index in [1.54, 1.807) is 0 Å². The van der Waals surface area contributed by atoms with Crippen LogP contribution in [0.2, 0.25) is 0 Å². The van der Waals surface area contributed by atoms with Crippen LogP contribution >= 0.6 is 0 Å². The molecule has 0 bridgehead atoms. The summed E-state index contributed by atoms with van der Waals surface area (Å²) in [6.45, 7) is 21.8. The number of hydrogen-bond acceptors (Lipinski definition) is 2. The Morgan fingerprint density at radius 1 is 1.00 bits per heavy atom. The fourth-order valence-corrected chi connectivity index (χ4v) is 10.8. The van der Waals surface area contributed by atoms with E-state index in [0.717, 1.165) is 36.5 Å². The van der Waals surface area contributed by atoms with Gasteiger partial charge >= 0.3 is 0 Å². The molecule has 4 rings (SSSR count). The van der Waals surface area contributed by atoms with Crippen molar-refractivity contribution >= 4 is 0 Å². The number of allylic oxidation sites excluding steroid dienone is 2. The Morgan fingerprint density at radius 3 is 2.29 bits per heavy atom. The first-order valence-electron chi connectivity index (χ1n) is 15.1. The van der Waals surface area contributed by atoms with E-state index >= 15 is 0 Å². The highest BCUT2D eigenvalue weighted by Crippen LogP contribution is 2.73. The lowest BCUT2D eigenvalue weighted by Gasteiger charge is -2.64. The molecule has 35 heavy (non-hydrogen) atoms. The van der Waals surface area contributed by atoms with E-state index in [4.69, 9.17) is 4.74 Å². The highest BCUT2D eigenvalue weighted by Gasteiger charge is 2.65. The lowest BCUT2D eigenvalue weighted by molar-refractivity contribution is -0.130. The minimum atomic E-state index is -0.561. The van der Waals surface area contributed by atoms with Crippen LogP contribution in [-0.4, -0.2) is 23.9 Å². The molecule has 1 N–H and O–H groups in total. The quantitative estimate of drug-likeness (QED) is 0.364. The van der Waals surface area contributed by atoms with Crippen molar-refractivity contribution in [1.82, 2.24) is 0 Å². The van der Waals surface area contributed by atoms with E-state index in [-0.39, 0.29) is 5.41 Å². The van der Waals surface area contributed by atoms with Crippen LogP contribution in [-0.2, 0) is 4.74 Å². The van der Waals surface area contributed by atoms with Gasteiger partial charge in [-0.2, -0.15) is 0 Å². The number of methoxy groups -OCH3 is 1. The van der Waals surface area contributed by atoms with Crippen molar-refractivity contribution in [2.45, 2.75) is 138 Å². The van der Waals surface area contributed by atoms with Gasteiger partial charge in [-0.05, 0) is 116 Å². The van der Waals surface area contributed by atoms with Gasteiger partial charge < -0.3 is 9.84 Å². The van der Waals surface area contributed by atoms with Crippen LogP contribution in [0.5, 0.6) is 0 Å². The van der Waals surface area contributed by atoms with Crippen LogP contribution in [0.25, 0.3) is 0 Å². The summed E-state index contributed by atoms with van der Waals surface area (Å²) < 4.78 is 6.02. The van der Waals surface area contributed by atoms with Gasteiger partial charge in [0, 0.05) is 7.11 Å². The van der Waals surface area contributed by atoms with Crippen molar-refractivity contribution in [1.29, 1.82) is 0 Å². The number of ether oxygens (including phenoxy) is 1. The summed E-state index contributed by atoms with van der Waals surface area (Å²) >= 11 is 0. The zero-order chi connectivity index (χ0) is 26.0. The second-order valence-corrected chi connectivity index (χ2v) is 15.3. The Labute approximate surface area is 218 Å². The van der Waals surface area contributed by atoms with Gasteiger partial charge in [-0.15, -0.1) is 0 Å². The van der Waals surface area contributed by atoms with Crippen LogP contribution in [0.4, 0.5) is 0 Å². The first-order valence-corrected chi connectivity index (χ1v) is 15.1. The number of hydrogen-bond donors (Lipinski definition) is 1. The lowest BCUT2D eigenvalue weighted by Crippen LogP contribution is -2.58. The average Bonchev–Trinajstić information content (AvgIpc) is 3.04. The Kier molecular flexibility index (Phi) is 7.23. The molecule has 0 radical (unpaired) electrons. The summed E-state index contributed by atoms with van der Waals surface area (Å²) in [5.41, 5.74) is 2.70.